The Kier molecular flexibility index (Phi) is 1.80. The summed E-state index contributed by atoms with van der Waals surface area (Å²) >= 11 is 0. The van der Waals surface area contributed by atoms with E-state index in [0.717, 1.165) is 19.7 Å². The van der Waals surface area contributed by atoms with Crippen LogP contribution in [0.5, 0.6) is 0 Å². The van der Waals surface area contributed by atoms with Gasteiger partial charge in [0.2, 0.25) is 0 Å². The Hall–Kier alpha value is -0.590. The van der Waals surface area contributed by atoms with Gasteiger partial charge in [-0.3, -0.25) is 4.90 Å². The van der Waals surface area contributed by atoms with E-state index in [2.05, 4.69) is 11.0 Å². The Morgan fingerprint density at radius 2 is 2.45 bits per heavy atom. The van der Waals surface area contributed by atoms with E-state index in [-0.39, 0.29) is 6.10 Å². The van der Waals surface area contributed by atoms with Gasteiger partial charge >= 0.3 is 0 Å². The van der Waals surface area contributed by atoms with Gasteiger partial charge in [0, 0.05) is 12.6 Å². The molecule has 3 heteroatoms. The van der Waals surface area contributed by atoms with Gasteiger partial charge in [0.15, 0.2) is 6.10 Å². The highest BCUT2D eigenvalue weighted by atomic mass is 16.5. The molecular weight excluding hydrogens is 140 g/mol. The minimum absolute atomic E-state index is 0.177. The molecule has 0 aliphatic carbocycles. The molecule has 0 aromatic carbocycles. The maximum atomic E-state index is 8.61. The fraction of sp³-hybridized carbons (Fsp3) is 0.875. The fourth-order valence-corrected chi connectivity index (χ4v) is 1.90. The normalized spacial score (nSPS) is 38.1. The zero-order valence-corrected chi connectivity index (χ0v) is 6.49. The van der Waals surface area contributed by atoms with Crippen molar-refractivity contribution in [3.63, 3.8) is 0 Å². The van der Waals surface area contributed by atoms with Gasteiger partial charge < -0.3 is 4.74 Å². The second-order valence-corrected chi connectivity index (χ2v) is 3.24. The second kappa shape index (κ2) is 2.80. The topological polar surface area (TPSA) is 36.3 Å². The molecule has 3 nitrogen and oxygen atoms in total. The average Bonchev–Trinajstić information content (AvgIpc) is 2.50. The van der Waals surface area contributed by atoms with Crippen LogP contribution in [0, 0.1) is 11.3 Å². The van der Waals surface area contributed by atoms with Gasteiger partial charge in [-0.05, 0) is 19.4 Å². The molecule has 2 saturated heterocycles. The van der Waals surface area contributed by atoms with Crippen molar-refractivity contribution in [2.24, 2.45) is 0 Å². The van der Waals surface area contributed by atoms with Crippen LogP contribution >= 0.6 is 0 Å². The first-order chi connectivity index (χ1) is 5.40. The van der Waals surface area contributed by atoms with Crippen LogP contribution in [0.3, 0.4) is 0 Å². The zero-order valence-electron chi connectivity index (χ0n) is 6.49. The van der Waals surface area contributed by atoms with E-state index in [4.69, 9.17) is 10.00 Å². The third-order valence-corrected chi connectivity index (χ3v) is 2.53. The highest BCUT2D eigenvalue weighted by Crippen LogP contribution is 2.21. The molecule has 2 fully saturated rings. The van der Waals surface area contributed by atoms with E-state index in [1.54, 1.807) is 0 Å². The van der Waals surface area contributed by atoms with Gasteiger partial charge in [-0.2, -0.15) is 5.26 Å². The lowest BCUT2D eigenvalue weighted by Gasteiger charge is -2.31. The number of morpholine rings is 1. The Balaban J connectivity index is 1.97. The summed E-state index contributed by atoms with van der Waals surface area (Å²) in [7, 11) is 0. The molecular formula is C8H12N2O. The number of hydrogen-bond donors (Lipinski definition) is 0. The van der Waals surface area contributed by atoms with Crippen molar-refractivity contribution < 1.29 is 4.74 Å². The predicted octanol–water partition coefficient (Wildman–Crippen LogP) is 0.373. The van der Waals surface area contributed by atoms with Gasteiger partial charge in [-0.1, -0.05) is 0 Å². The largest absolute Gasteiger partial charge is 0.360 e. The van der Waals surface area contributed by atoms with Crippen molar-refractivity contribution in [3.05, 3.63) is 0 Å². The molecule has 0 amide bonds. The predicted molar refractivity (Wildman–Crippen MR) is 39.9 cm³/mol. The number of nitrogens with zero attached hydrogens (tertiary/aromatic N) is 2. The van der Waals surface area contributed by atoms with Crippen molar-refractivity contribution in [3.8, 4) is 6.07 Å². The van der Waals surface area contributed by atoms with Gasteiger partial charge in [0.1, 0.15) is 0 Å². The lowest BCUT2D eigenvalue weighted by Crippen LogP contribution is -2.45. The number of ether oxygens (including phenoxy) is 1. The summed E-state index contributed by atoms with van der Waals surface area (Å²) in [5, 5.41) is 8.61. The third kappa shape index (κ3) is 1.24. The van der Waals surface area contributed by atoms with E-state index in [1.165, 1.54) is 12.8 Å². The van der Waals surface area contributed by atoms with Crippen LogP contribution in [-0.4, -0.2) is 36.7 Å². The molecule has 2 heterocycles. The monoisotopic (exact) mass is 152 g/mol. The van der Waals surface area contributed by atoms with Crippen LogP contribution < -0.4 is 0 Å². The van der Waals surface area contributed by atoms with Crippen LogP contribution in [0.25, 0.3) is 0 Å². The smallest absolute Gasteiger partial charge is 0.156 e. The SMILES string of the molecule is N#C[C@H]1CN2CCC[C@H]2CO1. The van der Waals surface area contributed by atoms with Crippen LogP contribution in [0.2, 0.25) is 0 Å². The van der Waals surface area contributed by atoms with Crippen molar-refractivity contribution >= 4 is 0 Å². The van der Waals surface area contributed by atoms with Gasteiger partial charge in [-0.25, -0.2) is 0 Å². The van der Waals surface area contributed by atoms with Crippen molar-refractivity contribution in [1.82, 2.24) is 4.90 Å². The van der Waals surface area contributed by atoms with E-state index in [0.29, 0.717) is 6.04 Å². The average molecular weight is 152 g/mol. The number of fused-ring (bicyclic) bond motifs is 1. The van der Waals surface area contributed by atoms with E-state index in [1.807, 2.05) is 0 Å². The summed E-state index contributed by atoms with van der Waals surface area (Å²) < 4.78 is 5.34. The lowest BCUT2D eigenvalue weighted by atomic mass is 10.2. The number of hydrogen-bond acceptors (Lipinski definition) is 3. The zero-order chi connectivity index (χ0) is 7.68. The standard InChI is InChI=1S/C8H12N2O/c9-4-8-5-10-3-1-2-7(10)6-11-8/h7-8H,1-3,5-6H2/t7-,8-/m0/s1. The molecule has 2 aliphatic heterocycles. The summed E-state index contributed by atoms with van der Waals surface area (Å²) in [6.45, 7) is 2.74. The van der Waals surface area contributed by atoms with Crippen LogP contribution in [0.4, 0.5) is 0 Å². The number of rotatable bonds is 0. The quantitative estimate of drug-likeness (QED) is 0.503. The maximum absolute atomic E-state index is 8.61. The van der Waals surface area contributed by atoms with E-state index < -0.39 is 0 Å². The van der Waals surface area contributed by atoms with Crippen LogP contribution in [0.15, 0.2) is 0 Å². The Morgan fingerprint density at radius 3 is 3.27 bits per heavy atom. The molecule has 2 aliphatic rings. The molecule has 0 bridgehead atoms. The first-order valence-electron chi connectivity index (χ1n) is 4.15. The van der Waals surface area contributed by atoms with E-state index in [9.17, 15) is 0 Å². The summed E-state index contributed by atoms with van der Waals surface area (Å²) in [6.07, 6.45) is 2.34. The molecule has 11 heavy (non-hydrogen) atoms. The first kappa shape index (κ1) is 7.08. The molecule has 0 spiro atoms. The summed E-state index contributed by atoms with van der Waals surface area (Å²) in [5.74, 6) is 0. The minimum Gasteiger partial charge on any atom is -0.360 e. The summed E-state index contributed by atoms with van der Waals surface area (Å²) in [6, 6.07) is 2.76. The third-order valence-electron chi connectivity index (χ3n) is 2.53. The molecule has 2 rings (SSSR count). The lowest BCUT2D eigenvalue weighted by molar-refractivity contribution is -0.0217. The minimum atomic E-state index is -0.177. The molecule has 0 N–H and O–H groups in total. The fourth-order valence-electron chi connectivity index (χ4n) is 1.90. The molecule has 0 saturated carbocycles. The highest BCUT2D eigenvalue weighted by molar-refractivity contribution is 4.94. The highest BCUT2D eigenvalue weighted by Gasteiger charge is 2.31. The molecule has 0 aromatic heterocycles. The molecule has 60 valence electrons. The van der Waals surface area contributed by atoms with Crippen LogP contribution in [-0.2, 0) is 4.74 Å². The molecule has 0 radical (unpaired) electrons. The van der Waals surface area contributed by atoms with Crippen molar-refractivity contribution in [1.29, 1.82) is 5.26 Å². The van der Waals surface area contributed by atoms with Gasteiger partial charge in [0.05, 0.1) is 12.7 Å². The Bertz CT molecular complexity index is 187. The second-order valence-electron chi connectivity index (χ2n) is 3.24. The molecule has 0 aromatic rings. The van der Waals surface area contributed by atoms with Crippen molar-refractivity contribution in [2.75, 3.05) is 19.7 Å². The van der Waals surface area contributed by atoms with Crippen molar-refractivity contribution in [2.45, 2.75) is 25.0 Å². The molecule has 2 atom stereocenters. The Labute approximate surface area is 66.5 Å². The molecule has 0 unspecified atom stereocenters. The maximum Gasteiger partial charge on any atom is 0.156 e. The van der Waals surface area contributed by atoms with Gasteiger partial charge in [0.25, 0.3) is 0 Å². The van der Waals surface area contributed by atoms with Crippen LogP contribution in [0.1, 0.15) is 12.8 Å². The Morgan fingerprint density at radius 1 is 1.55 bits per heavy atom. The van der Waals surface area contributed by atoms with E-state index >= 15 is 0 Å². The number of nitriles is 1. The summed E-state index contributed by atoms with van der Waals surface area (Å²) in [4.78, 5) is 2.37. The first-order valence-corrected chi connectivity index (χ1v) is 4.15. The summed E-state index contributed by atoms with van der Waals surface area (Å²) in [5.41, 5.74) is 0. The van der Waals surface area contributed by atoms with Gasteiger partial charge in [-0.15, -0.1) is 0 Å².